The third-order valence-corrected chi connectivity index (χ3v) is 2.30. The second kappa shape index (κ2) is 2.92. The highest BCUT2D eigenvalue weighted by Crippen LogP contribution is 2.27. The van der Waals surface area contributed by atoms with Crippen molar-refractivity contribution in [2.75, 3.05) is 0 Å². The fraction of sp³-hybridized carbons (Fsp3) is 0.111. The SMILES string of the molecule is NC(Br)c1coc2ccccc12. The van der Waals surface area contributed by atoms with Crippen LogP contribution < -0.4 is 5.73 Å². The summed E-state index contributed by atoms with van der Waals surface area (Å²) >= 11 is 3.30. The van der Waals surface area contributed by atoms with Crippen LogP contribution in [0, 0.1) is 0 Å². The van der Waals surface area contributed by atoms with Crippen LogP contribution in [0.1, 0.15) is 10.5 Å². The third kappa shape index (κ3) is 1.15. The molecule has 1 unspecified atom stereocenters. The Morgan fingerprint density at radius 2 is 2.08 bits per heavy atom. The van der Waals surface area contributed by atoms with Gasteiger partial charge in [0.05, 0.1) is 11.2 Å². The minimum atomic E-state index is -0.152. The molecule has 1 heterocycles. The first-order valence-corrected chi connectivity index (χ1v) is 4.56. The van der Waals surface area contributed by atoms with Crippen LogP contribution in [-0.4, -0.2) is 0 Å². The first-order chi connectivity index (χ1) is 5.79. The molecule has 2 aromatic rings. The van der Waals surface area contributed by atoms with E-state index >= 15 is 0 Å². The molecule has 0 bridgehead atoms. The van der Waals surface area contributed by atoms with Gasteiger partial charge in [0.25, 0.3) is 0 Å². The maximum Gasteiger partial charge on any atom is 0.134 e. The number of fused-ring (bicyclic) bond motifs is 1. The van der Waals surface area contributed by atoms with Crippen molar-refractivity contribution < 1.29 is 4.42 Å². The molecule has 0 fully saturated rings. The number of hydrogen-bond acceptors (Lipinski definition) is 2. The summed E-state index contributed by atoms with van der Waals surface area (Å²) in [4.78, 5) is -0.152. The van der Waals surface area contributed by atoms with Crippen LogP contribution in [0.2, 0.25) is 0 Å². The number of rotatable bonds is 1. The van der Waals surface area contributed by atoms with E-state index in [9.17, 15) is 0 Å². The van der Waals surface area contributed by atoms with Gasteiger partial charge in [-0.3, -0.25) is 0 Å². The number of benzene rings is 1. The summed E-state index contributed by atoms with van der Waals surface area (Å²) in [5.41, 5.74) is 7.55. The van der Waals surface area contributed by atoms with Gasteiger partial charge in [-0.1, -0.05) is 34.1 Å². The Bertz CT molecular complexity index is 394. The highest BCUT2D eigenvalue weighted by atomic mass is 79.9. The van der Waals surface area contributed by atoms with Crippen LogP contribution in [0.25, 0.3) is 11.0 Å². The molecule has 0 amide bonds. The molecular formula is C9H8BrNO. The van der Waals surface area contributed by atoms with E-state index in [2.05, 4.69) is 15.9 Å². The summed E-state index contributed by atoms with van der Waals surface area (Å²) in [6, 6.07) is 7.83. The molecule has 2 N–H and O–H groups in total. The van der Waals surface area contributed by atoms with Gasteiger partial charge in [0.2, 0.25) is 0 Å². The molecule has 1 aromatic carbocycles. The van der Waals surface area contributed by atoms with Gasteiger partial charge in [0.15, 0.2) is 0 Å². The van der Waals surface area contributed by atoms with Gasteiger partial charge in [-0.05, 0) is 6.07 Å². The van der Waals surface area contributed by atoms with Crippen molar-refractivity contribution in [3.63, 3.8) is 0 Å². The van der Waals surface area contributed by atoms with E-state index in [1.54, 1.807) is 6.26 Å². The summed E-state index contributed by atoms with van der Waals surface area (Å²) in [5, 5.41) is 1.07. The maximum atomic E-state index is 5.68. The molecule has 0 saturated carbocycles. The lowest BCUT2D eigenvalue weighted by atomic mass is 10.2. The fourth-order valence-electron chi connectivity index (χ4n) is 1.21. The molecule has 0 aliphatic rings. The minimum Gasteiger partial charge on any atom is -0.464 e. The van der Waals surface area contributed by atoms with Crippen LogP contribution in [0.3, 0.4) is 0 Å². The summed E-state index contributed by atoms with van der Waals surface area (Å²) in [6.45, 7) is 0. The Balaban J connectivity index is 2.70. The average Bonchev–Trinajstić information content (AvgIpc) is 2.47. The third-order valence-electron chi connectivity index (χ3n) is 1.81. The summed E-state index contributed by atoms with van der Waals surface area (Å²) in [5.74, 6) is 0. The zero-order valence-electron chi connectivity index (χ0n) is 6.33. The van der Waals surface area contributed by atoms with Gasteiger partial charge in [-0.2, -0.15) is 0 Å². The normalized spacial score (nSPS) is 13.5. The maximum absolute atomic E-state index is 5.68. The first kappa shape index (κ1) is 7.83. The number of alkyl halides is 1. The summed E-state index contributed by atoms with van der Waals surface area (Å²) < 4.78 is 5.30. The molecule has 0 saturated heterocycles. The Kier molecular flexibility index (Phi) is 1.90. The smallest absolute Gasteiger partial charge is 0.134 e. The van der Waals surface area contributed by atoms with Crippen LogP contribution in [0.4, 0.5) is 0 Å². The van der Waals surface area contributed by atoms with Crippen molar-refractivity contribution >= 4 is 26.9 Å². The molecule has 2 rings (SSSR count). The van der Waals surface area contributed by atoms with Crippen LogP contribution in [0.5, 0.6) is 0 Å². The first-order valence-electron chi connectivity index (χ1n) is 3.65. The largest absolute Gasteiger partial charge is 0.464 e. The number of halogens is 1. The highest BCUT2D eigenvalue weighted by Gasteiger charge is 2.08. The molecule has 3 heteroatoms. The van der Waals surface area contributed by atoms with E-state index in [4.69, 9.17) is 10.2 Å². The number of nitrogens with two attached hydrogens (primary N) is 1. The lowest BCUT2D eigenvalue weighted by molar-refractivity contribution is 0.610. The van der Waals surface area contributed by atoms with Crippen molar-refractivity contribution in [3.8, 4) is 0 Å². The lowest BCUT2D eigenvalue weighted by Gasteiger charge is -1.97. The van der Waals surface area contributed by atoms with E-state index < -0.39 is 0 Å². The topological polar surface area (TPSA) is 39.2 Å². The zero-order chi connectivity index (χ0) is 8.55. The second-order valence-corrected chi connectivity index (χ2v) is 3.58. The standard InChI is InChI=1S/C9H8BrNO/c10-9(11)7-5-12-8-4-2-1-3-6(7)8/h1-5,9H,11H2. The summed E-state index contributed by atoms with van der Waals surface area (Å²) in [7, 11) is 0. The Labute approximate surface area is 78.5 Å². The molecule has 0 radical (unpaired) electrons. The molecule has 0 aliphatic heterocycles. The molecule has 1 atom stereocenters. The highest BCUT2D eigenvalue weighted by molar-refractivity contribution is 9.09. The predicted octanol–water partition coefficient (Wildman–Crippen LogP) is 2.79. The van der Waals surface area contributed by atoms with Gasteiger partial charge < -0.3 is 10.2 Å². The number of hydrogen-bond donors (Lipinski definition) is 1. The second-order valence-electron chi connectivity index (χ2n) is 2.59. The van der Waals surface area contributed by atoms with Crippen molar-refractivity contribution in [3.05, 3.63) is 36.1 Å². The quantitative estimate of drug-likeness (QED) is 0.599. The molecular weight excluding hydrogens is 218 g/mol. The van der Waals surface area contributed by atoms with Gasteiger partial charge in [0, 0.05) is 10.9 Å². The molecule has 12 heavy (non-hydrogen) atoms. The van der Waals surface area contributed by atoms with E-state index in [1.165, 1.54) is 0 Å². The monoisotopic (exact) mass is 225 g/mol. The predicted molar refractivity (Wildman–Crippen MR) is 52.1 cm³/mol. The lowest BCUT2D eigenvalue weighted by Crippen LogP contribution is -1.99. The van der Waals surface area contributed by atoms with Crippen LogP contribution >= 0.6 is 15.9 Å². The zero-order valence-corrected chi connectivity index (χ0v) is 7.91. The van der Waals surface area contributed by atoms with Crippen LogP contribution in [-0.2, 0) is 0 Å². The summed E-state index contributed by atoms with van der Waals surface area (Å²) in [6.07, 6.45) is 1.68. The molecule has 1 aromatic heterocycles. The van der Waals surface area contributed by atoms with E-state index in [1.807, 2.05) is 24.3 Å². The Morgan fingerprint density at radius 1 is 1.33 bits per heavy atom. The van der Waals surface area contributed by atoms with Crippen molar-refractivity contribution in [1.29, 1.82) is 0 Å². The van der Waals surface area contributed by atoms with E-state index in [-0.39, 0.29) is 4.95 Å². The fourth-order valence-corrected chi connectivity index (χ4v) is 1.57. The van der Waals surface area contributed by atoms with Crippen LogP contribution in [0.15, 0.2) is 34.9 Å². The van der Waals surface area contributed by atoms with Crippen molar-refractivity contribution in [1.82, 2.24) is 0 Å². The Morgan fingerprint density at radius 3 is 2.83 bits per heavy atom. The molecule has 0 spiro atoms. The molecule has 0 aliphatic carbocycles. The van der Waals surface area contributed by atoms with Crippen molar-refractivity contribution in [2.24, 2.45) is 5.73 Å². The van der Waals surface area contributed by atoms with Gasteiger partial charge in [-0.25, -0.2) is 0 Å². The van der Waals surface area contributed by atoms with Gasteiger partial charge in [0.1, 0.15) is 5.58 Å². The number of furan rings is 1. The van der Waals surface area contributed by atoms with Gasteiger partial charge in [-0.15, -0.1) is 0 Å². The number of para-hydroxylation sites is 1. The van der Waals surface area contributed by atoms with Crippen molar-refractivity contribution in [2.45, 2.75) is 4.95 Å². The molecule has 2 nitrogen and oxygen atoms in total. The van der Waals surface area contributed by atoms with E-state index in [0.29, 0.717) is 0 Å². The molecule has 62 valence electrons. The van der Waals surface area contributed by atoms with E-state index in [0.717, 1.165) is 16.5 Å². The minimum absolute atomic E-state index is 0.152. The average molecular weight is 226 g/mol. The van der Waals surface area contributed by atoms with Gasteiger partial charge >= 0.3 is 0 Å². The Hall–Kier alpha value is -0.800.